The molecule has 0 saturated carbocycles. The fraction of sp³-hybridized carbons (Fsp3) is 0.167. The molecule has 1 heterocycles. The fourth-order valence-corrected chi connectivity index (χ4v) is 3.08. The molecule has 1 atom stereocenters. The van der Waals surface area contributed by atoms with E-state index >= 15 is 0 Å². The van der Waals surface area contributed by atoms with Gasteiger partial charge in [-0.15, -0.1) is 11.3 Å². The summed E-state index contributed by atoms with van der Waals surface area (Å²) in [5.41, 5.74) is 0.625. The Balaban J connectivity index is 2.17. The van der Waals surface area contributed by atoms with E-state index in [-0.39, 0.29) is 5.75 Å². The number of benzene rings is 1. The van der Waals surface area contributed by atoms with Crippen molar-refractivity contribution >= 4 is 27.3 Å². The number of rotatable bonds is 4. The molecule has 0 aliphatic carbocycles. The zero-order chi connectivity index (χ0) is 13.1. The van der Waals surface area contributed by atoms with Crippen LogP contribution in [0.25, 0.3) is 0 Å². The number of hydrogen-bond donors (Lipinski definition) is 1. The Morgan fingerprint density at radius 1 is 1.17 bits per heavy atom. The van der Waals surface area contributed by atoms with Crippen molar-refractivity contribution in [3.05, 3.63) is 50.6 Å². The van der Waals surface area contributed by atoms with E-state index in [4.69, 9.17) is 0 Å². The Labute approximate surface area is 115 Å². The first-order chi connectivity index (χ1) is 8.58. The van der Waals surface area contributed by atoms with Gasteiger partial charge in [0.2, 0.25) is 0 Å². The maximum absolute atomic E-state index is 12.0. The minimum absolute atomic E-state index is 0.0752. The second-order valence-electron chi connectivity index (χ2n) is 3.48. The zero-order valence-corrected chi connectivity index (χ0v) is 11.4. The summed E-state index contributed by atoms with van der Waals surface area (Å²) >= 11 is 4.76. The first kappa shape index (κ1) is 13.5. The molecule has 2 rings (SSSR count). The number of thiophene rings is 1. The lowest BCUT2D eigenvalue weighted by Gasteiger charge is -2.11. The van der Waals surface area contributed by atoms with Crippen LogP contribution in [-0.2, 0) is 0 Å². The summed E-state index contributed by atoms with van der Waals surface area (Å²) < 4.78 is 29.0. The van der Waals surface area contributed by atoms with E-state index in [1.165, 1.54) is 23.5 Å². The number of aliphatic hydroxyl groups is 1. The molecular formula is C12H9BrF2O2S. The molecule has 0 spiro atoms. The number of ether oxygens (including phenoxy) is 1. The second kappa shape index (κ2) is 5.77. The molecule has 1 N–H and O–H groups in total. The van der Waals surface area contributed by atoms with Gasteiger partial charge in [-0.1, -0.05) is 12.1 Å². The van der Waals surface area contributed by atoms with Gasteiger partial charge in [-0.2, -0.15) is 8.78 Å². The molecule has 0 aliphatic rings. The van der Waals surface area contributed by atoms with Crippen LogP contribution in [-0.4, -0.2) is 11.7 Å². The molecule has 0 aliphatic heterocycles. The Morgan fingerprint density at radius 3 is 2.33 bits per heavy atom. The smallest absolute Gasteiger partial charge is 0.387 e. The molecule has 6 heteroatoms. The van der Waals surface area contributed by atoms with E-state index in [1.807, 2.05) is 11.4 Å². The number of hydrogen-bond acceptors (Lipinski definition) is 3. The molecule has 2 aromatic rings. The molecule has 1 aromatic heterocycles. The van der Waals surface area contributed by atoms with Crippen LogP contribution in [0.3, 0.4) is 0 Å². The number of alkyl halides is 2. The third-order valence-electron chi connectivity index (χ3n) is 2.31. The van der Waals surface area contributed by atoms with Crippen molar-refractivity contribution in [1.29, 1.82) is 0 Å². The average Bonchev–Trinajstić information content (AvgIpc) is 2.75. The molecule has 18 heavy (non-hydrogen) atoms. The molecule has 1 unspecified atom stereocenters. The van der Waals surface area contributed by atoms with Gasteiger partial charge < -0.3 is 9.84 Å². The highest BCUT2D eigenvalue weighted by Gasteiger charge is 2.15. The molecule has 0 bridgehead atoms. The summed E-state index contributed by atoms with van der Waals surface area (Å²) in [5, 5.41) is 12.0. The fourth-order valence-electron chi connectivity index (χ4n) is 1.48. The van der Waals surface area contributed by atoms with E-state index in [0.29, 0.717) is 5.56 Å². The van der Waals surface area contributed by atoms with Gasteiger partial charge in [-0.05, 0) is 45.1 Å². The van der Waals surface area contributed by atoms with Crippen LogP contribution in [0, 0.1) is 0 Å². The summed E-state index contributed by atoms with van der Waals surface area (Å²) in [6.45, 7) is -2.84. The van der Waals surface area contributed by atoms with Crippen molar-refractivity contribution < 1.29 is 18.6 Å². The van der Waals surface area contributed by atoms with Crippen LogP contribution in [0.4, 0.5) is 8.78 Å². The summed E-state index contributed by atoms with van der Waals surface area (Å²) in [5.74, 6) is 0.0752. The maximum Gasteiger partial charge on any atom is 0.387 e. The van der Waals surface area contributed by atoms with Gasteiger partial charge in [0.05, 0.1) is 4.88 Å². The van der Waals surface area contributed by atoms with Crippen LogP contribution in [0.2, 0.25) is 0 Å². The van der Waals surface area contributed by atoms with Crippen molar-refractivity contribution in [1.82, 2.24) is 0 Å². The molecule has 0 radical (unpaired) electrons. The Kier molecular flexibility index (Phi) is 4.31. The maximum atomic E-state index is 12.0. The topological polar surface area (TPSA) is 29.5 Å². The number of halogens is 3. The minimum Gasteiger partial charge on any atom is -0.435 e. The second-order valence-corrected chi connectivity index (χ2v) is 5.28. The first-order valence-corrected chi connectivity index (χ1v) is 6.71. The lowest BCUT2D eigenvalue weighted by molar-refractivity contribution is -0.0498. The SMILES string of the molecule is OC(c1ccc(OC(F)F)cc1)c1sccc1Br. The van der Waals surface area contributed by atoms with Crippen molar-refractivity contribution in [2.75, 3.05) is 0 Å². The first-order valence-electron chi connectivity index (χ1n) is 5.03. The van der Waals surface area contributed by atoms with Crippen LogP contribution in [0.5, 0.6) is 5.75 Å². The lowest BCUT2D eigenvalue weighted by atomic mass is 10.1. The van der Waals surface area contributed by atoms with E-state index in [1.54, 1.807) is 12.1 Å². The van der Waals surface area contributed by atoms with Gasteiger partial charge in [0.15, 0.2) is 0 Å². The molecule has 0 fully saturated rings. The van der Waals surface area contributed by atoms with Crippen LogP contribution < -0.4 is 4.74 Å². The highest BCUT2D eigenvalue weighted by Crippen LogP contribution is 2.33. The van der Waals surface area contributed by atoms with Gasteiger partial charge >= 0.3 is 6.61 Å². The molecule has 0 saturated heterocycles. The molecule has 0 amide bonds. The minimum atomic E-state index is -2.84. The summed E-state index contributed by atoms with van der Waals surface area (Å²) in [4.78, 5) is 0.775. The molecule has 1 aromatic carbocycles. The van der Waals surface area contributed by atoms with Crippen molar-refractivity contribution in [2.45, 2.75) is 12.7 Å². The lowest BCUT2D eigenvalue weighted by Crippen LogP contribution is -2.02. The van der Waals surface area contributed by atoms with Gasteiger partial charge in [-0.25, -0.2) is 0 Å². The van der Waals surface area contributed by atoms with Crippen LogP contribution >= 0.6 is 27.3 Å². The van der Waals surface area contributed by atoms with Crippen molar-refractivity contribution in [3.63, 3.8) is 0 Å². The Morgan fingerprint density at radius 2 is 1.83 bits per heavy atom. The third kappa shape index (κ3) is 3.07. The van der Waals surface area contributed by atoms with E-state index < -0.39 is 12.7 Å². The normalized spacial score (nSPS) is 12.7. The predicted octanol–water partition coefficient (Wildman–Crippen LogP) is 4.19. The number of aliphatic hydroxyl groups excluding tert-OH is 1. The summed E-state index contributed by atoms with van der Waals surface area (Å²) in [6.07, 6.45) is -0.778. The van der Waals surface area contributed by atoms with Gasteiger partial charge in [0.25, 0.3) is 0 Å². The predicted molar refractivity (Wildman–Crippen MR) is 69.2 cm³/mol. The average molecular weight is 335 g/mol. The van der Waals surface area contributed by atoms with Gasteiger partial charge in [0, 0.05) is 4.47 Å². The van der Waals surface area contributed by atoms with Gasteiger partial charge in [-0.3, -0.25) is 0 Å². The standard InChI is InChI=1S/C12H9BrF2O2S/c13-9-5-6-18-11(9)10(16)7-1-3-8(4-2-7)17-12(14)15/h1-6,10,12,16H. The quantitative estimate of drug-likeness (QED) is 0.908. The monoisotopic (exact) mass is 334 g/mol. The van der Waals surface area contributed by atoms with Crippen molar-refractivity contribution in [3.8, 4) is 5.75 Å². The third-order valence-corrected chi connectivity index (χ3v) is 4.24. The Bertz CT molecular complexity index is 513. The van der Waals surface area contributed by atoms with E-state index in [2.05, 4.69) is 20.7 Å². The van der Waals surface area contributed by atoms with Crippen LogP contribution in [0.1, 0.15) is 16.5 Å². The Hall–Kier alpha value is -0.980. The highest BCUT2D eigenvalue weighted by molar-refractivity contribution is 9.10. The molecular weight excluding hydrogens is 326 g/mol. The summed E-state index contributed by atoms with van der Waals surface area (Å²) in [7, 11) is 0. The molecule has 96 valence electrons. The highest BCUT2D eigenvalue weighted by atomic mass is 79.9. The largest absolute Gasteiger partial charge is 0.435 e. The van der Waals surface area contributed by atoms with E-state index in [0.717, 1.165) is 9.35 Å². The van der Waals surface area contributed by atoms with Gasteiger partial charge in [0.1, 0.15) is 11.9 Å². The summed E-state index contributed by atoms with van der Waals surface area (Å²) in [6, 6.07) is 7.79. The van der Waals surface area contributed by atoms with Crippen molar-refractivity contribution in [2.24, 2.45) is 0 Å². The van der Waals surface area contributed by atoms with Crippen LogP contribution in [0.15, 0.2) is 40.2 Å². The van der Waals surface area contributed by atoms with E-state index in [9.17, 15) is 13.9 Å². The molecule has 2 nitrogen and oxygen atoms in total. The zero-order valence-electron chi connectivity index (χ0n) is 9.02.